The summed E-state index contributed by atoms with van der Waals surface area (Å²) in [5.41, 5.74) is 2.69. The van der Waals surface area contributed by atoms with Crippen LogP contribution in [0.5, 0.6) is 0 Å². The Morgan fingerprint density at radius 1 is 0.789 bits per heavy atom. The van der Waals surface area contributed by atoms with Gasteiger partial charge >= 0.3 is 0 Å². The molecule has 0 aromatic heterocycles. The minimum absolute atomic E-state index is 0.693. The summed E-state index contributed by atoms with van der Waals surface area (Å²) in [5.74, 6) is 0. The molecule has 0 aliphatic heterocycles. The Kier molecular flexibility index (Phi) is 4.39. The summed E-state index contributed by atoms with van der Waals surface area (Å²) in [6, 6.07) is 10.5. The highest BCUT2D eigenvalue weighted by atomic mass is 14.9. The molecule has 0 unspecified atom stereocenters. The molecule has 1 aromatic carbocycles. The first-order chi connectivity index (χ1) is 9.40. The van der Waals surface area contributed by atoms with Crippen LogP contribution in [0, 0.1) is 0 Å². The van der Waals surface area contributed by atoms with Crippen LogP contribution in [0.2, 0.25) is 0 Å². The first-order valence-electron chi connectivity index (χ1n) is 7.99. The normalized spacial score (nSPS) is 21.1. The lowest BCUT2D eigenvalue weighted by Crippen LogP contribution is -2.18. The lowest BCUT2D eigenvalue weighted by Gasteiger charge is -2.17. The second-order valence-corrected chi connectivity index (χ2v) is 6.18. The summed E-state index contributed by atoms with van der Waals surface area (Å²) in [6.07, 6.45) is 11.0. The third kappa shape index (κ3) is 4.24. The van der Waals surface area contributed by atoms with Gasteiger partial charge in [0.2, 0.25) is 0 Å². The van der Waals surface area contributed by atoms with Crippen molar-refractivity contribution >= 4 is 5.69 Å². The Hall–Kier alpha value is -1.02. The molecule has 19 heavy (non-hydrogen) atoms. The van der Waals surface area contributed by atoms with Crippen LogP contribution >= 0.6 is 0 Å². The zero-order valence-electron chi connectivity index (χ0n) is 11.8. The van der Waals surface area contributed by atoms with Crippen molar-refractivity contribution in [1.82, 2.24) is 5.32 Å². The Labute approximate surface area is 117 Å². The van der Waals surface area contributed by atoms with Crippen molar-refractivity contribution in [2.24, 2.45) is 0 Å². The van der Waals surface area contributed by atoms with E-state index in [-0.39, 0.29) is 0 Å². The van der Waals surface area contributed by atoms with E-state index in [4.69, 9.17) is 0 Å². The van der Waals surface area contributed by atoms with Crippen LogP contribution in [-0.4, -0.2) is 12.1 Å². The van der Waals surface area contributed by atoms with Crippen molar-refractivity contribution in [3.8, 4) is 0 Å². The highest BCUT2D eigenvalue weighted by Crippen LogP contribution is 2.22. The van der Waals surface area contributed by atoms with Gasteiger partial charge in [-0.3, -0.25) is 0 Å². The van der Waals surface area contributed by atoms with Crippen LogP contribution in [0.4, 0.5) is 5.69 Å². The Morgan fingerprint density at radius 2 is 1.47 bits per heavy atom. The molecule has 3 rings (SSSR count). The summed E-state index contributed by atoms with van der Waals surface area (Å²) < 4.78 is 0. The van der Waals surface area contributed by atoms with Crippen molar-refractivity contribution in [2.75, 3.05) is 5.32 Å². The molecule has 2 N–H and O–H groups in total. The summed E-state index contributed by atoms with van der Waals surface area (Å²) in [6.45, 7) is 1.02. The van der Waals surface area contributed by atoms with Gasteiger partial charge < -0.3 is 10.6 Å². The monoisotopic (exact) mass is 258 g/mol. The molecule has 0 spiro atoms. The van der Waals surface area contributed by atoms with E-state index in [0.29, 0.717) is 6.04 Å². The van der Waals surface area contributed by atoms with E-state index in [2.05, 4.69) is 34.9 Å². The largest absolute Gasteiger partial charge is 0.382 e. The zero-order chi connectivity index (χ0) is 12.9. The Bertz CT molecular complexity index is 373. The minimum atomic E-state index is 0.693. The fourth-order valence-electron chi connectivity index (χ4n) is 2.93. The molecule has 104 valence electrons. The standard InChI is InChI=1S/C17H26N2/c1-2-4-6-16(5-3-1)19-17-9-7-14(8-10-17)13-18-15-11-12-15/h7-10,15-16,18-19H,1-6,11-13H2. The van der Waals surface area contributed by atoms with Gasteiger partial charge in [-0.2, -0.15) is 0 Å². The Morgan fingerprint density at radius 3 is 2.11 bits per heavy atom. The van der Waals surface area contributed by atoms with Gasteiger partial charge in [0.25, 0.3) is 0 Å². The summed E-state index contributed by atoms with van der Waals surface area (Å²) in [4.78, 5) is 0. The number of hydrogen-bond donors (Lipinski definition) is 2. The molecule has 0 amide bonds. The molecule has 2 heteroatoms. The second-order valence-electron chi connectivity index (χ2n) is 6.18. The van der Waals surface area contributed by atoms with Crippen LogP contribution in [0.25, 0.3) is 0 Å². The van der Waals surface area contributed by atoms with Gasteiger partial charge in [-0.15, -0.1) is 0 Å². The average molecular weight is 258 g/mol. The maximum Gasteiger partial charge on any atom is 0.0342 e. The lowest BCUT2D eigenvalue weighted by molar-refractivity contribution is 0.620. The van der Waals surface area contributed by atoms with Gasteiger partial charge in [0.05, 0.1) is 0 Å². The third-order valence-corrected chi connectivity index (χ3v) is 4.35. The third-order valence-electron chi connectivity index (χ3n) is 4.35. The van der Waals surface area contributed by atoms with Gasteiger partial charge in [-0.25, -0.2) is 0 Å². The predicted octanol–water partition coefficient (Wildman–Crippen LogP) is 4.07. The van der Waals surface area contributed by atoms with Gasteiger partial charge in [-0.05, 0) is 43.4 Å². The Balaban J connectivity index is 1.49. The molecule has 2 nitrogen and oxygen atoms in total. The molecule has 0 saturated heterocycles. The maximum atomic E-state index is 3.70. The molecule has 2 aliphatic carbocycles. The summed E-state index contributed by atoms with van der Waals surface area (Å²) in [7, 11) is 0. The van der Waals surface area contributed by atoms with Gasteiger partial charge in [0, 0.05) is 24.3 Å². The molecule has 0 heterocycles. The number of nitrogens with one attached hydrogen (secondary N) is 2. The quantitative estimate of drug-likeness (QED) is 0.778. The highest BCUT2D eigenvalue weighted by Gasteiger charge is 2.19. The van der Waals surface area contributed by atoms with Crippen molar-refractivity contribution in [2.45, 2.75) is 70.0 Å². The second kappa shape index (κ2) is 6.42. The van der Waals surface area contributed by atoms with Crippen LogP contribution < -0.4 is 10.6 Å². The van der Waals surface area contributed by atoms with E-state index in [0.717, 1.165) is 12.6 Å². The van der Waals surface area contributed by atoms with E-state index in [1.807, 2.05) is 0 Å². The highest BCUT2D eigenvalue weighted by molar-refractivity contribution is 5.45. The van der Waals surface area contributed by atoms with E-state index >= 15 is 0 Å². The molecule has 2 fully saturated rings. The fourth-order valence-corrected chi connectivity index (χ4v) is 2.93. The molecular formula is C17H26N2. The predicted molar refractivity (Wildman–Crippen MR) is 81.4 cm³/mol. The number of hydrogen-bond acceptors (Lipinski definition) is 2. The van der Waals surface area contributed by atoms with Crippen molar-refractivity contribution in [3.05, 3.63) is 29.8 Å². The molecule has 0 radical (unpaired) electrons. The van der Waals surface area contributed by atoms with Crippen LogP contribution in [-0.2, 0) is 6.54 Å². The van der Waals surface area contributed by atoms with Crippen LogP contribution in [0.3, 0.4) is 0 Å². The minimum Gasteiger partial charge on any atom is -0.382 e. The fraction of sp³-hybridized carbons (Fsp3) is 0.647. The molecule has 0 bridgehead atoms. The summed E-state index contributed by atoms with van der Waals surface area (Å²) >= 11 is 0. The van der Waals surface area contributed by atoms with Crippen LogP contribution in [0.15, 0.2) is 24.3 Å². The zero-order valence-corrected chi connectivity index (χ0v) is 11.8. The van der Waals surface area contributed by atoms with Gasteiger partial charge in [0.1, 0.15) is 0 Å². The molecule has 0 atom stereocenters. The maximum absolute atomic E-state index is 3.70. The summed E-state index contributed by atoms with van der Waals surface area (Å²) in [5, 5.41) is 7.27. The molecule has 1 aromatic rings. The SMILES string of the molecule is c1cc(NC2CCCCCC2)ccc1CNC1CC1. The molecule has 2 saturated carbocycles. The van der Waals surface area contributed by atoms with E-state index in [9.17, 15) is 0 Å². The number of rotatable bonds is 5. The first kappa shape index (κ1) is 13.0. The van der Waals surface area contributed by atoms with Crippen molar-refractivity contribution in [1.29, 1.82) is 0 Å². The van der Waals surface area contributed by atoms with Gasteiger partial charge in [0.15, 0.2) is 0 Å². The van der Waals surface area contributed by atoms with E-state index in [1.54, 1.807) is 0 Å². The molecule has 2 aliphatic rings. The topological polar surface area (TPSA) is 24.1 Å². The smallest absolute Gasteiger partial charge is 0.0342 e. The van der Waals surface area contributed by atoms with Crippen molar-refractivity contribution in [3.63, 3.8) is 0 Å². The lowest BCUT2D eigenvalue weighted by atomic mass is 10.1. The van der Waals surface area contributed by atoms with Gasteiger partial charge in [-0.1, -0.05) is 37.8 Å². The van der Waals surface area contributed by atoms with E-state index in [1.165, 1.54) is 62.6 Å². The van der Waals surface area contributed by atoms with E-state index < -0.39 is 0 Å². The molecular weight excluding hydrogens is 232 g/mol. The number of anilines is 1. The van der Waals surface area contributed by atoms with Crippen LogP contribution in [0.1, 0.15) is 56.9 Å². The first-order valence-corrected chi connectivity index (χ1v) is 7.99. The average Bonchev–Trinajstić information content (AvgIpc) is 3.26. The number of benzene rings is 1. The van der Waals surface area contributed by atoms with Crippen molar-refractivity contribution < 1.29 is 0 Å².